The summed E-state index contributed by atoms with van der Waals surface area (Å²) in [6.45, 7) is 0.771. The van der Waals surface area contributed by atoms with Crippen molar-refractivity contribution >= 4 is 0 Å². The highest BCUT2D eigenvalue weighted by atomic mass is 14.6. The van der Waals surface area contributed by atoms with Crippen molar-refractivity contribution in [2.24, 2.45) is 34.8 Å². The topological polar surface area (TPSA) is 26.0 Å². The minimum atomic E-state index is 0.634. The molecule has 94 valence electrons. The van der Waals surface area contributed by atoms with Crippen molar-refractivity contribution in [3.8, 4) is 0 Å². The van der Waals surface area contributed by atoms with Crippen molar-refractivity contribution in [1.82, 2.24) is 0 Å². The van der Waals surface area contributed by atoms with Crippen molar-refractivity contribution in [2.75, 3.05) is 6.54 Å². The Morgan fingerprint density at radius 1 is 1.00 bits per heavy atom. The monoisotopic (exact) mass is 231 g/mol. The second-order valence-electron chi connectivity index (χ2n) is 7.37. The maximum atomic E-state index is 5.84. The van der Waals surface area contributed by atoms with E-state index in [1.165, 1.54) is 32.1 Å². The zero-order valence-corrected chi connectivity index (χ0v) is 10.8. The average Bonchev–Trinajstić information content (AvgIpc) is 3.07. The highest BCUT2D eigenvalue weighted by Crippen LogP contribution is 2.65. The highest BCUT2D eigenvalue weighted by molar-refractivity contribution is 5.26. The first-order valence-corrected chi connectivity index (χ1v) is 7.70. The van der Waals surface area contributed by atoms with E-state index in [0.717, 1.165) is 30.2 Å². The van der Waals surface area contributed by atoms with Crippen LogP contribution < -0.4 is 5.73 Å². The minimum absolute atomic E-state index is 0.634. The predicted octanol–water partition coefficient (Wildman–Crippen LogP) is 3.50. The number of rotatable bonds is 3. The minimum Gasteiger partial charge on any atom is -0.327 e. The third-order valence-electron chi connectivity index (χ3n) is 6.01. The van der Waals surface area contributed by atoms with Gasteiger partial charge in [-0.1, -0.05) is 11.6 Å². The van der Waals surface area contributed by atoms with Crippen LogP contribution in [-0.2, 0) is 0 Å². The zero-order chi connectivity index (χ0) is 11.5. The third kappa shape index (κ3) is 1.62. The zero-order valence-electron chi connectivity index (χ0n) is 10.8. The third-order valence-corrected chi connectivity index (χ3v) is 6.01. The fourth-order valence-corrected chi connectivity index (χ4v) is 5.80. The molecule has 0 aromatic heterocycles. The lowest BCUT2D eigenvalue weighted by Gasteiger charge is -2.58. The summed E-state index contributed by atoms with van der Waals surface area (Å²) >= 11 is 0. The number of hydrogen-bond acceptors (Lipinski definition) is 1. The predicted molar refractivity (Wildman–Crippen MR) is 70.5 cm³/mol. The van der Waals surface area contributed by atoms with Crippen molar-refractivity contribution in [1.29, 1.82) is 0 Å². The molecule has 4 bridgehead atoms. The van der Waals surface area contributed by atoms with Crippen LogP contribution in [0, 0.1) is 29.1 Å². The van der Waals surface area contributed by atoms with Gasteiger partial charge in [0.25, 0.3) is 0 Å². The normalized spacial score (nSPS) is 48.8. The van der Waals surface area contributed by atoms with Gasteiger partial charge in [0, 0.05) is 6.54 Å². The van der Waals surface area contributed by atoms with Crippen molar-refractivity contribution in [3.05, 3.63) is 11.6 Å². The van der Waals surface area contributed by atoms with E-state index < -0.39 is 0 Å². The Kier molecular flexibility index (Phi) is 2.25. The van der Waals surface area contributed by atoms with Crippen LogP contribution in [0.1, 0.15) is 51.4 Å². The van der Waals surface area contributed by atoms with Crippen LogP contribution >= 0.6 is 0 Å². The molecule has 5 aliphatic carbocycles. The smallest absolute Gasteiger partial charge is 0.0109 e. The molecule has 5 rings (SSSR count). The van der Waals surface area contributed by atoms with Gasteiger partial charge in [-0.15, -0.1) is 0 Å². The van der Waals surface area contributed by atoms with E-state index in [1.54, 1.807) is 19.3 Å². The summed E-state index contributed by atoms with van der Waals surface area (Å²) in [7, 11) is 0. The molecule has 5 aliphatic rings. The van der Waals surface area contributed by atoms with E-state index in [0.29, 0.717) is 5.41 Å². The van der Waals surface area contributed by atoms with Gasteiger partial charge in [0.2, 0.25) is 0 Å². The standard InChI is InChI=1S/C16H25N/c17-4-3-15(14-1-2-14)16-8-11-5-12(9-16)7-13(6-11)10-16/h3,11-14H,1-2,4-10,17H2/b15-3+. The molecule has 0 aliphatic heterocycles. The molecule has 0 spiro atoms. The van der Waals surface area contributed by atoms with Crippen LogP contribution in [0.5, 0.6) is 0 Å². The van der Waals surface area contributed by atoms with Crippen LogP contribution in [0.15, 0.2) is 11.6 Å². The second kappa shape index (κ2) is 3.60. The molecular formula is C16H25N. The first-order chi connectivity index (χ1) is 8.29. The van der Waals surface area contributed by atoms with Gasteiger partial charge in [-0.3, -0.25) is 0 Å². The molecule has 1 nitrogen and oxygen atoms in total. The van der Waals surface area contributed by atoms with E-state index in [1.807, 2.05) is 5.57 Å². The lowest BCUT2D eigenvalue weighted by molar-refractivity contribution is -0.0331. The molecule has 0 aromatic carbocycles. The van der Waals surface area contributed by atoms with Crippen molar-refractivity contribution < 1.29 is 0 Å². The molecule has 0 radical (unpaired) electrons. The number of allylic oxidation sites excluding steroid dienone is 1. The van der Waals surface area contributed by atoms with Gasteiger partial charge >= 0.3 is 0 Å². The van der Waals surface area contributed by atoms with E-state index in [-0.39, 0.29) is 0 Å². The lowest BCUT2D eigenvalue weighted by atomic mass is 9.47. The largest absolute Gasteiger partial charge is 0.327 e. The molecule has 5 saturated carbocycles. The van der Waals surface area contributed by atoms with Gasteiger partial charge < -0.3 is 5.73 Å². The van der Waals surface area contributed by atoms with Crippen molar-refractivity contribution in [3.63, 3.8) is 0 Å². The van der Waals surface area contributed by atoms with Gasteiger partial charge in [0.05, 0.1) is 0 Å². The van der Waals surface area contributed by atoms with Gasteiger partial charge in [0.15, 0.2) is 0 Å². The molecule has 0 saturated heterocycles. The van der Waals surface area contributed by atoms with Crippen LogP contribution in [0.25, 0.3) is 0 Å². The molecule has 0 heterocycles. The summed E-state index contributed by atoms with van der Waals surface area (Å²) in [6.07, 6.45) is 14.5. The Hall–Kier alpha value is -0.300. The summed E-state index contributed by atoms with van der Waals surface area (Å²) < 4.78 is 0. The quantitative estimate of drug-likeness (QED) is 0.739. The molecule has 5 fully saturated rings. The molecule has 1 heteroatoms. The second-order valence-corrected chi connectivity index (χ2v) is 7.37. The average molecular weight is 231 g/mol. The SMILES string of the molecule is NC/C=C(\C1CC1)C12CC3CC(CC(C3)C1)C2. The van der Waals surface area contributed by atoms with Gasteiger partial charge in [0.1, 0.15) is 0 Å². The fraction of sp³-hybridized carbons (Fsp3) is 0.875. The van der Waals surface area contributed by atoms with Gasteiger partial charge in [-0.05, 0) is 80.5 Å². The molecule has 2 N–H and O–H groups in total. The molecule has 0 aromatic rings. The van der Waals surface area contributed by atoms with Crippen molar-refractivity contribution in [2.45, 2.75) is 51.4 Å². The Labute approximate surface area is 105 Å². The Morgan fingerprint density at radius 2 is 1.53 bits per heavy atom. The molecule has 17 heavy (non-hydrogen) atoms. The maximum absolute atomic E-state index is 5.84. The van der Waals surface area contributed by atoms with Crippen LogP contribution in [0.3, 0.4) is 0 Å². The summed E-state index contributed by atoms with van der Waals surface area (Å²) in [6, 6.07) is 0. The highest BCUT2D eigenvalue weighted by Gasteiger charge is 2.54. The van der Waals surface area contributed by atoms with E-state index >= 15 is 0 Å². The fourth-order valence-electron chi connectivity index (χ4n) is 5.80. The van der Waals surface area contributed by atoms with Crippen LogP contribution in [0.4, 0.5) is 0 Å². The molecule has 0 amide bonds. The Balaban J connectivity index is 1.68. The van der Waals surface area contributed by atoms with Gasteiger partial charge in [-0.2, -0.15) is 0 Å². The first-order valence-electron chi connectivity index (χ1n) is 7.70. The summed E-state index contributed by atoms with van der Waals surface area (Å²) in [5.41, 5.74) is 8.29. The Bertz CT molecular complexity index is 315. The summed E-state index contributed by atoms with van der Waals surface area (Å²) in [4.78, 5) is 0. The van der Waals surface area contributed by atoms with E-state index in [2.05, 4.69) is 6.08 Å². The maximum Gasteiger partial charge on any atom is 0.0109 e. The first kappa shape index (κ1) is 10.6. The molecular weight excluding hydrogens is 206 g/mol. The molecule has 0 atom stereocenters. The van der Waals surface area contributed by atoms with Crippen LogP contribution in [-0.4, -0.2) is 6.54 Å². The molecule has 0 unspecified atom stereocenters. The number of hydrogen-bond donors (Lipinski definition) is 1. The summed E-state index contributed by atoms with van der Waals surface area (Å²) in [5.74, 6) is 4.15. The van der Waals surface area contributed by atoms with Gasteiger partial charge in [-0.25, -0.2) is 0 Å². The van der Waals surface area contributed by atoms with E-state index in [9.17, 15) is 0 Å². The van der Waals surface area contributed by atoms with E-state index in [4.69, 9.17) is 5.73 Å². The summed E-state index contributed by atoms with van der Waals surface area (Å²) in [5, 5.41) is 0. The Morgan fingerprint density at radius 3 is 1.94 bits per heavy atom. The lowest BCUT2D eigenvalue weighted by Crippen LogP contribution is -2.47. The number of nitrogens with two attached hydrogens (primary N) is 1. The van der Waals surface area contributed by atoms with Crippen LogP contribution in [0.2, 0.25) is 0 Å².